The molecule has 0 bridgehead atoms. The summed E-state index contributed by atoms with van der Waals surface area (Å²) < 4.78 is 0. The van der Waals surface area contributed by atoms with Gasteiger partial charge in [0.15, 0.2) is 0 Å². The van der Waals surface area contributed by atoms with E-state index in [-0.39, 0.29) is 30.3 Å². The van der Waals surface area contributed by atoms with Gasteiger partial charge in [0.2, 0.25) is 11.8 Å². The van der Waals surface area contributed by atoms with Gasteiger partial charge >= 0.3 is 0 Å². The summed E-state index contributed by atoms with van der Waals surface area (Å²) in [5, 5.41) is 11.8. The highest BCUT2D eigenvalue weighted by molar-refractivity contribution is 5.89. The Labute approximate surface area is 94.8 Å². The minimum Gasteiger partial charge on any atom is -0.396 e. The van der Waals surface area contributed by atoms with Gasteiger partial charge in [-0.05, 0) is 18.8 Å². The van der Waals surface area contributed by atoms with Gasteiger partial charge in [-0.3, -0.25) is 9.59 Å². The quantitative estimate of drug-likeness (QED) is 0.657. The van der Waals surface area contributed by atoms with Crippen LogP contribution in [-0.4, -0.2) is 48.1 Å². The molecule has 2 unspecified atom stereocenters. The van der Waals surface area contributed by atoms with Gasteiger partial charge in [-0.15, -0.1) is 0 Å². The lowest BCUT2D eigenvalue weighted by Crippen LogP contribution is -2.44. The smallest absolute Gasteiger partial charge is 0.227 e. The van der Waals surface area contributed by atoms with Crippen LogP contribution in [0.2, 0.25) is 0 Å². The molecule has 0 radical (unpaired) electrons. The number of likely N-dealkylation sites (tertiary alicyclic amines) is 1. The summed E-state index contributed by atoms with van der Waals surface area (Å²) in [6.07, 6.45) is 2.26. The van der Waals surface area contributed by atoms with Crippen molar-refractivity contribution in [2.45, 2.75) is 19.3 Å². The number of nitrogens with zero attached hydrogens (tertiary/aromatic N) is 1. The number of aliphatic hydroxyl groups is 1. The van der Waals surface area contributed by atoms with Crippen LogP contribution in [0.5, 0.6) is 0 Å². The maximum Gasteiger partial charge on any atom is 0.227 e. The lowest BCUT2D eigenvalue weighted by atomic mass is 9.97. The third kappa shape index (κ3) is 2.35. The topological polar surface area (TPSA) is 69.6 Å². The zero-order chi connectivity index (χ0) is 11.5. The Balaban J connectivity index is 1.91. The zero-order valence-corrected chi connectivity index (χ0v) is 9.32. The third-order valence-electron chi connectivity index (χ3n) is 3.42. The predicted molar refractivity (Wildman–Crippen MR) is 57.5 cm³/mol. The van der Waals surface area contributed by atoms with E-state index in [1.54, 1.807) is 4.90 Å². The molecular weight excluding hydrogens is 208 g/mol. The molecule has 0 saturated carbocycles. The van der Waals surface area contributed by atoms with Crippen molar-refractivity contribution in [3.8, 4) is 0 Å². The number of nitrogens with one attached hydrogen (secondary N) is 1. The molecule has 2 saturated heterocycles. The van der Waals surface area contributed by atoms with Gasteiger partial charge in [0.25, 0.3) is 0 Å². The first-order valence-corrected chi connectivity index (χ1v) is 5.87. The van der Waals surface area contributed by atoms with Crippen molar-refractivity contribution < 1.29 is 14.7 Å². The molecule has 2 atom stereocenters. The molecule has 0 aromatic carbocycles. The van der Waals surface area contributed by atoms with E-state index in [1.807, 2.05) is 0 Å². The van der Waals surface area contributed by atoms with Crippen LogP contribution in [0.1, 0.15) is 19.3 Å². The van der Waals surface area contributed by atoms with Gasteiger partial charge in [-0.25, -0.2) is 0 Å². The fraction of sp³-hybridized carbons (Fsp3) is 0.818. The monoisotopic (exact) mass is 226 g/mol. The molecule has 0 aromatic heterocycles. The molecule has 5 heteroatoms. The van der Waals surface area contributed by atoms with E-state index in [0.717, 1.165) is 19.4 Å². The second kappa shape index (κ2) is 4.82. The number of rotatable bonds is 2. The van der Waals surface area contributed by atoms with Gasteiger partial charge in [0.05, 0.1) is 5.92 Å². The van der Waals surface area contributed by atoms with Crippen LogP contribution >= 0.6 is 0 Å². The SMILES string of the molecule is O=C1CC(C(=O)N2CCCC(CO)C2)CN1. The summed E-state index contributed by atoms with van der Waals surface area (Å²) in [5.41, 5.74) is 0. The maximum atomic E-state index is 12.1. The van der Waals surface area contributed by atoms with Crippen LogP contribution in [-0.2, 0) is 9.59 Å². The molecule has 5 nitrogen and oxygen atoms in total. The van der Waals surface area contributed by atoms with Gasteiger partial charge < -0.3 is 15.3 Å². The van der Waals surface area contributed by atoms with E-state index >= 15 is 0 Å². The van der Waals surface area contributed by atoms with Crippen molar-refractivity contribution in [3.63, 3.8) is 0 Å². The van der Waals surface area contributed by atoms with Crippen LogP contribution in [0.4, 0.5) is 0 Å². The normalized spacial score (nSPS) is 30.3. The Bertz CT molecular complexity index is 293. The van der Waals surface area contributed by atoms with Gasteiger partial charge in [-0.1, -0.05) is 0 Å². The summed E-state index contributed by atoms with van der Waals surface area (Å²) >= 11 is 0. The summed E-state index contributed by atoms with van der Waals surface area (Å²) in [4.78, 5) is 24.9. The van der Waals surface area contributed by atoms with Crippen molar-refractivity contribution in [3.05, 3.63) is 0 Å². The molecule has 2 N–H and O–H groups in total. The largest absolute Gasteiger partial charge is 0.396 e. The average Bonchev–Trinajstić information content (AvgIpc) is 2.75. The van der Waals surface area contributed by atoms with Crippen LogP contribution in [0.15, 0.2) is 0 Å². The first-order valence-electron chi connectivity index (χ1n) is 5.87. The molecule has 0 aromatic rings. The van der Waals surface area contributed by atoms with Gasteiger partial charge in [0.1, 0.15) is 0 Å². The second-order valence-electron chi connectivity index (χ2n) is 4.68. The van der Waals surface area contributed by atoms with Crippen LogP contribution in [0, 0.1) is 11.8 Å². The number of aliphatic hydroxyl groups excluding tert-OH is 1. The van der Waals surface area contributed by atoms with Gasteiger partial charge in [-0.2, -0.15) is 0 Å². The highest BCUT2D eigenvalue weighted by Crippen LogP contribution is 2.20. The summed E-state index contributed by atoms with van der Waals surface area (Å²) in [5.74, 6) is 0.0540. The van der Waals surface area contributed by atoms with Crippen LogP contribution < -0.4 is 5.32 Å². The molecule has 2 rings (SSSR count). The van der Waals surface area contributed by atoms with Crippen molar-refractivity contribution in [1.29, 1.82) is 0 Å². The highest BCUT2D eigenvalue weighted by atomic mass is 16.3. The fourth-order valence-corrected chi connectivity index (χ4v) is 2.45. The van der Waals surface area contributed by atoms with Crippen molar-refractivity contribution in [2.75, 3.05) is 26.2 Å². The maximum absolute atomic E-state index is 12.1. The molecule has 2 aliphatic rings. The van der Waals surface area contributed by atoms with E-state index in [4.69, 9.17) is 5.11 Å². The minimum absolute atomic E-state index is 0.0333. The zero-order valence-electron chi connectivity index (χ0n) is 9.32. The van der Waals surface area contributed by atoms with Crippen LogP contribution in [0.25, 0.3) is 0 Å². The van der Waals surface area contributed by atoms with Crippen molar-refractivity contribution in [1.82, 2.24) is 10.2 Å². The molecule has 2 fully saturated rings. The van der Waals surface area contributed by atoms with Gasteiger partial charge in [0, 0.05) is 32.7 Å². The highest BCUT2D eigenvalue weighted by Gasteiger charge is 2.33. The first-order chi connectivity index (χ1) is 7.70. The molecule has 2 aliphatic heterocycles. The van der Waals surface area contributed by atoms with E-state index in [0.29, 0.717) is 19.5 Å². The molecule has 0 aliphatic carbocycles. The summed E-state index contributed by atoms with van der Waals surface area (Å²) in [6.45, 7) is 2.02. The lowest BCUT2D eigenvalue weighted by molar-refractivity contribution is -0.137. The summed E-state index contributed by atoms with van der Waals surface area (Å²) in [6, 6.07) is 0. The Morgan fingerprint density at radius 2 is 2.38 bits per heavy atom. The van der Waals surface area contributed by atoms with E-state index in [2.05, 4.69) is 5.32 Å². The number of carbonyl (C=O) groups excluding carboxylic acids is 2. The Kier molecular flexibility index (Phi) is 3.43. The third-order valence-corrected chi connectivity index (χ3v) is 3.42. The van der Waals surface area contributed by atoms with Crippen molar-refractivity contribution >= 4 is 11.8 Å². The number of hydrogen-bond donors (Lipinski definition) is 2. The Morgan fingerprint density at radius 3 is 3.00 bits per heavy atom. The number of hydrogen-bond acceptors (Lipinski definition) is 3. The minimum atomic E-state index is -0.190. The number of piperidine rings is 1. The lowest BCUT2D eigenvalue weighted by Gasteiger charge is -2.33. The first kappa shape index (κ1) is 11.4. The fourth-order valence-electron chi connectivity index (χ4n) is 2.45. The number of amides is 2. The van der Waals surface area contributed by atoms with Crippen molar-refractivity contribution in [2.24, 2.45) is 11.8 Å². The molecular formula is C11H18N2O3. The Morgan fingerprint density at radius 1 is 1.56 bits per heavy atom. The Hall–Kier alpha value is -1.10. The molecule has 0 spiro atoms. The average molecular weight is 226 g/mol. The van der Waals surface area contributed by atoms with E-state index in [1.165, 1.54) is 0 Å². The summed E-state index contributed by atoms with van der Waals surface area (Å²) in [7, 11) is 0. The second-order valence-corrected chi connectivity index (χ2v) is 4.68. The molecule has 2 amide bonds. The predicted octanol–water partition coefficient (Wildman–Crippen LogP) is -0.647. The standard InChI is InChI=1S/C11H18N2O3/c14-7-8-2-1-3-13(6-8)11(16)9-4-10(15)12-5-9/h8-9,14H,1-7H2,(H,12,15). The molecule has 90 valence electrons. The van der Waals surface area contributed by atoms with Crippen LogP contribution in [0.3, 0.4) is 0 Å². The number of carbonyl (C=O) groups is 2. The van der Waals surface area contributed by atoms with E-state index in [9.17, 15) is 9.59 Å². The molecule has 16 heavy (non-hydrogen) atoms. The van der Waals surface area contributed by atoms with E-state index < -0.39 is 0 Å². The molecule has 2 heterocycles.